The third-order valence-corrected chi connectivity index (χ3v) is 2.65. The van der Waals surface area contributed by atoms with Crippen molar-refractivity contribution in [1.29, 1.82) is 0 Å². The number of carbonyl (C=O) groups excluding carboxylic acids is 1. The molecule has 1 N–H and O–H groups in total. The summed E-state index contributed by atoms with van der Waals surface area (Å²) in [6.07, 6.45) is 1.18. The van der Waals surface area contributed by atoms with Gasteiger partial charge in [-0.3, -0.25) is 0 Å². The van der Waals surface area contributed by atoms with Crippen LogP contribution in [0.4, 0.5) is 0 Å². The van der Waals surface area contributed by atoms with Gasteiger partial charge in [0.05, 0.1) is 12.7 Å². The highest BCUT2D eigenvalue weighted by molar-refractivity contribution is 5.83. The SMILES string of the molecule is CCOC(=O)/C=C1/Oc2ccccc2[C@@]1(C)O. The molecule has 0 aliphatic carbocycles. The van der Waals surface area contributed by atoms with E-state index in [1.54, 1.807) is 26.0 Å². The molecule has 0 unspecified atom stereocenters. The van der Waals surface area contributed by atoms with Crippen LogP contribution in [0.3, 0.4) is 0 Å². The van der Waals surface area contributed by atoms with Crippen molar-refractivity contribution in [2.24, 2.45) is 0 Å². The molecule has 1 aromatic carbocycles. The number of ether oxygens (including phenoxy) is 2. The second kappa shape index (κ2) is 4.22. The van der Waals surface area contributed by atoms with E-state index in [1.807, 2.05) is 12.1 Å². The maximum atomic E-state index is 11.3. The number of benzene rings is 1. The van der Waals surface area contributed by atoms with Gasteiger partial charge in [0.1, 0.15) is 17.1 Å². The molecule has 0 saturated carbocycles. The van der Waals surface area contributed by atoms with Crippen LogP contribution in [0.1, 0.15) is 19.4 Å². The molecular formula is C13H14O4. The zero-order valence-electron chi connectivity index (χ0n) is 9.77. The topological polar surface area (TPSA) is 55.8 Å². The first-order valence-corrected chi connectivity index (χ1v) is 5.44. The average Bonchev–Trinajstić information content (AvgIpc) is 2.52. The first-order valence-electron chi connectivity index (χ1n) is 5.44. The summed E-state index contributed by atoms with van der Waals surface area (Å²) in [7, 11) is 0. The lowest BCUT2D eigenvalue weighted by Gasteiger charge is -2.16. The molecule has 0 saturated heterocycles. The van der Waals surface area contributed by atoms with E-state index < -0.39 is 11.6 Å². The Labute approximate surface area is 99.5 Å². The minimum atomic E-state index is -1.29. The molecule has 0 amide bonds. The Morgan fingerprint density at radius 2 is 2.24 bits per heavy atom. The van der Waals surface area contributed by atoms with E-state index in [1.165, 1.54) is 6.08 Å². The minimum absolute atomic E-state index is 0.192. The van der Waals surface area contributed by atoms with Gasteiger partial charge in [-0.15, -0.1) is 0 Å². The summed E-state index contributed by atoms with van der Waals surface area (Å²) in [4.78, 5) is 11.3. The van der Waals surface area contributed by atoms with Gasteiger partial charge in [-0.25, -0.2) is 4.79 Å². The van der Waals surface area contributed by atoms with Crippen molar-refractivity contribution >= 4 is 5.97 Å². The standard InChI is InChI=1S/C13H14O4/c1-3-16-12(14)8-11-13(2,15)9-6-4-5-7-10(9)17-11/h4-8,15H,3H2,1-2H3/b11-8+/t13-/m1/s1. The molecule has 90 valence electrons. The van der Waals surface area contributed by atoms with Gasteiger partial charge in [0.25, 0.3) is 0 Å². The number of hydrogen-bond acceptors (Lipinski definition) is 4. The molecule has 1 heterocycles. The molecule has 4 heteroatoms. The van der Waals surface area contributed by atoms with E-state index in [2.05, 4.69) is 0 Å². The molecule has 0 aromatic heterocycles. The Hall–Kier alpha value is -1.81. The third-order valence-electron chi connectivity index (χ3n) is 2.65. The number of rotatable bonds is 2. The molecule has 0 radical (unpaired) electrons. The zero-order valence-corrected chi connectivity index (χ0v) is 9.77. The van der Waals surface area contributed by atoms with E-state index in [4.69, 9.17) is 9.47 Å². The van der Waals surface area contributed by atoms with Crippen LogP contribution in [0.5, 0.6) is 5.75 Å². The van der Waals surface area contributed by atoms with Crippen molar-refractivity contribution in [2.45, 2.75) is 19.4 Å². The molecule has 17 heavy (non-hydrogen) atoms. The van der Waals surface area contributed by atoms with Gasteiger partial charge in [-0.1, -0.05) is 18.2 Å². The highest BCUT2D eigenvalue weighted by Gasteiger charge is 2.39. The Balaban J connectivity index is 2.34. The Morgan fingerprint density at radius 1 is 1.53 bits per heavy atom. The molecule has 1 atom stereocenters. The summed E-state index contributed by atoms with van der Waals surface area (Å²) in [6, 6.07) is 7.13. The molecule has 4 nitrogen and oxygen atoms in total. The van der Waals surface area contributed by atoms with Gasteiger partial charge in [0, 0.05) is 5.56 Å². The van der Waals surface area contributed by atoms with Crippen molar-refractivity contribution in [3.8, 4) is 5.75 Å². The first-order chi connectivity index (χ1) is 8.05. The largest absolute Gasteiger partial charge is 0.463 e. The molecule has 2 rings (SSSR count). The van der Waals surface area contributed by atoms with Crippen molar-refractivity contribution in [3.05, 3.63) is 41.7 Å². The Kier molecular flexibility index (Phi) is 2.90. The summed E-state index contributed by atoms with van der Waals surface area (Å²) in [5.41, 5.74) is -0.640. The normalized spacial score (nSPS) is 24.3. The number of aliphatic hydroxyl groups is 1. The monoisotopic (exact) mass is 234 g/mol. The van der Waals surface area contributed by atoms with Gasteiger partial charge in [0.15, 0.2) is 0 Å². The quantitative estimate of drug-likeness (QED) is 0.625. The number of para-hydroxylation sites is 1. The van der Waals surface area contributed by atoms with Crippen LogP contribution in [0.25, 0.3) is 0 Å². The van der Waals surface area contributed by atoms with Gasteiger partial charge in [-0.05, 0) is 19.9 Å². The Morgan fingerprint density at radius 3 is 2.88 bits per heavy atom. The second-order valence-electron chi connectivity index (χ2n) is 3.93. The first kappa shape index (κ1) is 11.7. The fraction of sp³-hybridized carbons (Fsp3) is 0.308. The van der Waals surface area contributed by atoms with E-state index in [0.29, 0.717) is 11.3 Å². The lowest BCUT2D eigenvalue weighted by atomic mass is 9.95. The van der Waals surface area contributed by atoms with Crippen LogP contribution in [0.15, 0.2) is 36.1 Å². The maximum absolute atomic E-state index is 11.3. The van der Waals surface area contributed by atoms with Crippen LogP contribution < -0.4 is 4.74 Å². The van der Waals surface area contributed by atoms with Crippen molar-refractivity contribution in [1.82, 2.24) is 0 Å². The lowest BCUT2D eigenvalue weighted by Crippen LogP contribution is -2.22. The highest BCUT2D eigenvalue weighted by atomic mass is 16.5. The van der Waals surface area contributed by atoms with E-state index in [9.17, 15) is 9.90 Å². The highest BCUT2D eigenvalue weighted by Crippen LogP contribution is 2.43. The molecule has 1 aliphatic heterocycles. The summed E-state index contributed by atoms with van der Waals surface area (Å²) in [5.74, 6) is 0.237. The predicted octanol–water partition coefficient (Wildman–Crippen LogP) is 1.73. The van der Waals surface area contributed by atoms with Gasteiger partial charge in [0.2, 0.25) is 0 Å². The summed E-state index contributed by atoms with van der Waals surface area (Å²) < 4.78 is 10.2. The number of carbonyl (C=O) groups is 1. The molecule has 0 fully saturated rings. The minimum Gasteiger partial charge on any atom is -0.463 e. The fourth-order valence-electron chi connectivity index (χ4n) is 1.77. The molecule has 1 aromatic rings. The molecule has 1 aliphatic rings. The van der Waals surface area contributed by atoms with Crippen LogP contribution in [0, 0.1) is 0 Å². The Bertz CT molecular complexity index is 474. The van der Waals surface area contributed by atoms with E-state index in [0.717, 1.165) is 0 Å². The summed E-state index contributed by atoms with van der Waals surface area (Å²) in [5, 5.41) is 10.3. The van der Waals surface area contributed by atoms with Crippen molar-refractivity contribution < 1.29 is 19.4 Å². The fourth-order valence-corrected chi connectivity index (χ4v) is 1.77. The van der Waals surface area contributed by atoms with Crippen LogP contribution in [-0.2, 0) is 15.1 Å². The second-order valence-corrected chi connectivity index (χ2v) is 3.93. The smallest absolute Gasteiger partial charge is 0.334 e. The van der Waals surface area contributed by atoms with E-state index in [-0.39, 0.29) is 12.4 Å². The molecular weight excluding hydrogens is 220 g/mol. The van der Waals surface area contributed by atoms with E-state index >= 15 is 0 Å². The van der Waals surface area contributed by atoms with Crippen LogP contribution in [0.2, 0.25) is 0 Å². The predicted molar refractivity (Wildman–Crippen MR) is 61.4 cm³/mol. The maximum Gasteiger partial charge on any atom is 0.334 e. The van der Waals surface area contributed by atoms with Crippen LogP contribution >= 0.6 is 0 Å². The number of esters is 1. The number of hydrogen-bond donors (Lipinski definition) is 1. The summed E-state index contributed by atoms with van der Waals surface area (Å²) in [6.45, 7) is 3.60. The van der Waals surface area contributed by atoms with Crippen molar-refractivity contribution in [2.75, 3.05) is 6.61 Å². The molecule has 0 spiro atoms. The van der Waals surface area contributed by atoms with Gasteiger partial charge < -0.3 is 14.6 Å². The molecule has 0 bridgehead atoms. The third kappa shape index (κ3) is 2.03. The van der Waals surface area contributed by atoms with Gasteiger partial charge in [-0.2, -0.15) is 0 Å². The lowest BCUT2D eigenvalue weighted by molar-refractivity contribution is -0.137. The van der Waals surface area contributed by atoms with Gasteiger partial charge >= 0.3 is 5.97 Å². The average molecular weight is 234 g/mol. The van der Waals surface area contributed by atoms with Crippen LogP contribution in [-0.4, -0.2) is 17.7 Å². The number of fused-ring (bicyclic) bond motifs is 1. The van der Waals surface area contributed by atoms with Crippen molar-refractivity contribution in [3.63, 3.8) is 0 Å². The summed E-state index contributed by atoms with van der Waals surface area (Å²) >= 11 is 0. The zero-order chi connectivity index (χ0) is 12.5.